The molecule has 0 bridgehead atoms. The van der Waals surface area contributed by atoms with Gasteiger partial charge in [-0.25, -0.2) is 0 Å². The summed E-state index contributed by atoms with van der Waals surface area (Å²) in [4.78, 5) is 10.2. The SMILES string of the molecule is FC(F)(F)CCCCCCCCCc1ccc(NCCc2ccc(C(F)(F)F)cc2)cc1.O=C(O)Cc1ccc(C(F)(F)F)cc1. The Labute approximate surface area is 262 Å². The number of aliphatic carboxylic acids is 1. The van der Waals surface area contributed by atoms with Crippen molar-refractivity contribution in [2.45, 2.75) is 89.2 Å². The zero-order valence-electron chi connectivity index (χ0n) is 25.2. The first kappa shape index (κ1) is 38.5. The highest BCUT2D eigenvalue weighted by Gasteiger charge is 2.30. The first-order valence-electron chi connectivity index (χ1n) is 15.0. The second kappa shape index (κ2) is 18.4. The number of alkyl halides is 9. The van der Waals surface area contributed by atoms with Crippen LogP contribution in [0.4, 0.5) is 45.2 Å². The van der Waals surface area contributed by atoms with Crippen LogP contribution in [0.5, 0.6) is 0 Å². The summed E-state index contributed by atoms with van der Waals surface area (Å²) < 4.78 is 110. The molecule has 12 heteroatoms. The number of halogens is 9. The molecule has 3 nitrogen and oxygen atoms in total. The summed E-state index contributed by atoms with van der Waals surface area (Å²) in [5, 5.41) is 11.7. The number of anilines is 1. The number of carboxylic acid groups (broad SMARTS) is 1. The molecule has 254 valence electrons. The van der Waals surface area contributed by atoms with Gasteiger partial charge in [0.25, 0.3) is 0 Å². The Morgan fingerprint density at radius 3 is 1.41 bits per heavy atom. The first-order valence-corrected chi connectivity index (χ1v) is 15.0. The molecule has 0 aliphatic heterocycles. The van der Waals surface area contributed by atoms with Crippen molar-refractivity contribution in [3.05, 3.63) is 101 Å². The molecule has 0 radical (unpaired) electrons. The van der Waals surface area contributed by atoms with Crippen LogP contribution in [0.25, 0.3) is 0 Å². The van der Waals surface area contributed by atoms with Crippen LogP contribution < -0.4 is 5.32 Å². The second-order valence-corrected chi connectivity index (χ2v) is 10.9. The lowest BCUT2D eigenvalue weighted by molar-refractivity contribution is -0.138. The van der Waals surface area contributed by atoms with Crippen molar-refractivity contribution in [2.24, 2.45) is 0 Å². The fourth-order valence-electron chi connectivity index (χ4n) is 4.53. The lowest BCUT2D eigenvalue weighted by Gasteiger charge is -2.10. The molecule has 0 heterocycles. The predicted molar refractivity (Wildman–Crippen MR) is 160 cm³/mol. The quantitative estimate of drug-likeness (QED) is 0.126. The van der Waals surface area contributed by atoms with Crippen LogP contribution in [0.15, 0.2) is 72.8 Å². The average molecular weight is 664 g/mol. The molecule has 0 saturated heterocycles. The zero-order chi connectivity index (χ0) is 34.2. The van der Waals surface area contributed by atoms with Gasteiger partial charge in [-0.05, 0) is 78.8 Å². The van der Waals surface area contributed by atoms with E-state index in [0.717, 1.165) is 86.2 Å². The van der Waals surface area contributed by atoms with E-state index in [0.29, 0.717) is 24.9 Å². The molecule has 0 saturated carbocycles. The van der Waals surface area contributed by atoms with Gasteiger partial charge in [0, 0.05) is 18.7 Å². The van der Waals surface area contributed by atoms with Crippen molar-refractivity contribution in [1.29, 1.82) is 0 Å². The van der Waals surface area contributed by atoms with E-state index >= 15 is 0 Å². The molecule has 0 atom stereocenters. The molecule has 2 N–H and O–H groups in total. The summed E-state index contributed by atoms with van der Waals surface area (Å²) >= 11 is 0. The minimum Gasteiger partial charge on any atom is -0.481 e. The fraction of sp³-hybridized carbons (Fsp3) is 0.441. The Balaban J connectivity index is 0.000000438. The molecule has 3 aromatic rings. The molecule has 0 unspecified atom stereocenters. The van der Waals surface area contributed by atoms with Crippen molar-refractivity contribution < 1.29 is 49.4 Å². The lowest BCUT2D eigenvalue weighted by Crippen LogP contribution is -2.07. The Morgan fingerprint density at radius 1 is 0.543 bits per heavy atom. The van der Waals surface area contributed by atoms with Gasteiger partial charge in [-0.3, -0.25) is 4.79 Å². The van der Waals surface area contributed by atoms with Gasteiger partial charge in [-0.2, -0.15) is 39.5 Å². The third-order valence-corrected chi connectivity index (χ3v) is 7.04. The third kappa shape index (κ3) is 16.6. The minimum absolute atomic E-state index is 0.230. The second-order valence-electron chi connectivity index (χ2n) is 10.9. The Morgan fingerprint density at radius 2 is 0.957 bits per heavy atom. The van der Waals surface area contributed by atoms with Crippen LogP contribution in [-0.4, -0.2) is 23.8 Å². The zero-order valence-corrected chi connectivity index (χ0v) is 25.2. The molecule has 0 spiro atoms. The van der Waals surface area contributed by atoms with E-state index in [1.807, 2.05) is 12.1 Å². The van der Waals surface area contributed by atoms with Crippen molar-refractivity contribution in [3.63, 3.8) is 0 Å². The summed E-state index contributed by atoms with van der Waals surface area (Å²) in [6, 6.07) is 17.5. The highest BCUT2D eigenvalue weighted by molar-refractivity contribution is 5.70. The van der Waals surface area contributed by atoms with Gasteiger partial charge in [0.2, 0.25) is 0 Å². The van der Waals surface area contributed by atoms with E-state index in [-0.39, 0.29) is 12.8 Å². The smallest absolute Gasteiger partial charge is 0.416 e. The van der Waals surface area contributed by atoms with E-state index in [1.165, 1.54) is 17.7 Å². The van der Waals surface area contributed by atoms with E-state index in [4.69, 9.17) is 5.11 Å². The maximum atomic E-state index is 12.6. The maximum absolute atomic E-state index is 12.6. The molecule has 46 heavy (non-hydrogen) atoms. The molecule has 0 amide bonds. The summed E-state index contributed by atoms with van der Waals surface area (Å²) in [7, 11) is 0. The van der Waals surface area contributed by atoms with E-state index in [2.05, 4.69) is 17.4 Å². The van der Waals surface area contributed by atoms with Crippen molar-refractivity contribution >= 4 is 11.7 Å². The Bertz CT molecular complexity index is 1280. The fourth-order valence-corrected chi connectivity index (χ4v) is 4.53. The molecular formula is C34H38F9NO2. The largest absolute Gasteiger partial charge is 0.481 e. The first-order chi connectivity index (χ1) is 21.5. The van der Waals surface area contributed by atoms with Crippen molar-refractivity contribution in [3.8, 4) is 0 Å². The third-order valence-electron chi connectivity index (χ3n) is 7.04. The molecule has 3 rings (SSSR count). The van der Waals surface area contributed by atoms with Crippen LogP contribution >= 0.6 is 0 Å². The number of nitrogens with one attached hydrogen (secondary N) is 1. The van der Waals surface area contributed by atoms with Crippen LogP contribution in [-0.2, 0) is 36.4 Å². The molecule has 0 aliphatic carbocycles. The Hall–Kier alpha value is -3.70. The summed E-state index contributed by atoms with van der Waals surface area (Å²) in [5.41, 5.74) is 2.01. The van der Waals surface area contributed by atoms with Gasteiger partial charge >= 0.3 is 24.5 Å². The van der Waals surface area contributed by atoms with Crippen LogP contribution in [0.1, 0.15) is 79.2 Å². The monoisotopic (exact) mass is 663 g/mol. The number of hydrogen-bond donors (Lipinski definition) is 2. The lowest BCUT2D eigenvalue weighted by atomic mass is 10.0. The van der Waals surface area contributed by atoms with Gasteiger partial charge in [0.05, 0.1) is 17.5 Å². The maximum Gasteiger partial charge on any atom is 0.416 e. The van der Waals surface area contributed by atoms with E-state index < -0.39 is 42.0 Å². The minimum atomic E-state index is -4.37. The van der Waals surface area contributed by atoms with Gasteiger partial charge < -0.3 is 10.4 Å². The van der Waals surface area contributed by atoms with E-state index in [9.17, 15) is 44.3 Å². The summed E-state index contributed by atoms with van der Waals surface area (Å²) in [5.74, 6) is -1.07. The normalized spacial score (nSPS) is 11.9. The van der Waals surface area contributed by atoms with Crippen LogP contribution in [0.3, 0.4) is 0 Å². The van der Waals surface area contributed by atoms with Crippen LogP contribution in [0.2, 0.25) is 0 Å². The standard InChI is InChI=1S/C25H31F6N.C9H7F3O2/c26-24(27,28)18-7-5-3-1-2-4-6-8-20-11-15-23(16-12-20)32-19-17-21-9-13-22(14-10-21)25(29,30)31;10-9(11,12)7-3-1-6(2-4-7)5-8(13)14/h9-16,32H,1-8,17-19H2;1-4H,5H2,(H,13,14). The number of carbonyl (C=O) groups is 1. The number of aryl methyl sites for hydroxylation is 1. The number of rotatable bonds is 15. The van der Waals surface area contributed by atoms with Crippen molar-refractivity contribution in [1.82, 2.24) is 0 Å². The number of unbranched alkanes of at least 4 members (excludes halogenated alkanes) is 6. The highest BCUT2D eigenvalue weighted by atomic mass is 19.4. The number of carboxylic acids is 1. The predicted octanol–water partition coefficient (Wildman–Crippen LogP) is 10.9. The Kier molecular flexibility index (Phi) is 15.4. The average Bonchev–Trinajstić information content (AvgIpc) is 2.96. The van der Waals surface area contributed by atoms with Gasteiger partial charge in [0.15, 0.2) is 0 Å². The molecular weight excluding hydrogens is 625 g/mol. The number of hydrogen-bond acceptors (Lipinski definition) is 2. The molecule has 0 aromatic heterocycles. The summed E-state index contributed by atoms with van der Waals surface area (Å²) in [6.07, 6.45) is -6.13. The van der Waals surface area contributed by atoms with Gasteiger partial charge in [-0.1, -0.05) is 68.5 Å². The topological polar surface area (TPSA) is 49.3 Å². The van der Waals surface area contributed by atoms with Crippen molar-refractivity contribution in [2.75, 3.05) is 11.9 Å². The molecule has 0 fully saturated rings. The van der Waals surface area contributed by atoms with Gasteiger partial charge in [-0.15, -0.1) is 0 Å². The number of benzene rings is 3. The highest BCUT2D eigenvalue weighted by Crippen LogP contribution is 2.30. The van der Waals surface area contributed by atoms with Gasteiger partial charge in [0.1, 0.15) is 0 Å². The molecule has 0 aliphatic rings. The molecule has 3 aromatic carbocycles. The van der Waals surface area contributed by atoms with Crippen LogP contribution in [0, 0.1) is 0 Å². The summed E-state index contributed by atoms with van der Waals surface area (Å²) in [6.45, 7) is 0.633. The van der Waals surface area contributed by atoms with E-state index in [1.54, 1.807) is 0 Å².